The highest BCUT2D eigenvalue weighted by atomic mass is 32.2. The molecule has 0 aliphatic carbocycles. The van der Waals surface area contributed by atoms with Gasteiger partial charge in [0.05, 0.1) is 5.75 Å². The van der Waals surface area contributed by atoms with E-state index in [0.29, 0.717) is 24.0 Å². The average molecular weight is 603 g/mol. The Morgan fingerprint density at radius 1 is 0.907 bits per heavy atom. The van der Waals surface area contributed by atoms with Crippen LogP contribution >= 0.6 is 0 Å². The van der Waals surface area contributed by atoms with Gasteiger partial charge < -0.3 is 21.4 Å². The van der Waals surface area contributed by atoms with E-state index in [2.05, 4.69) is 20.3 Å². The molecule has 2 unspecified atom stereocenters. The molecule has 7 N–H and O–H groups in total. The van der Waals surface area contributed by atoms with Crippen LogP contribution in [-0.2, 0) is 38.3 Å². The molecule has 0 spiro atoms. The Morgan fingerprint density at radius 2 is 1.60 bits per heavy atom. The minimum Gasteiger partial charge on any atom is -0.384 e. The molecule has 0 bridgehead atoms. The first-order valence-corrected chi connectivity index (χ1v) is 15.9. The predicted molar refractivity (Wildman–Crippen MR) is 169 cm³/mol. The van der Waals surface area contributed by atoms with Crippen LogP contribution in [0.4, 0.5) is 0 Å². The van der Waals surface area contributed by atoms with Gasteiger partial charge in [-0.25, -0.2) is 13.1 Å². The van der Waals surface area contributed by atoms with E-state index in [1.807, 2.05) is 31.2 Å². The summed E-state index contributed by atoms with van der Waals surface area (Å²) in [4.78, 5) is 30.2. The van der Waals surface area contributed by atoms with E-state index < -0.39 is 28.0 Å². The van der Waals surface area contributed by atoms with Crippen molar-refractivity contribution in [2.75, 3.05) is 0 Å². The topological polar surface area (TPSA) is 170 Å². The molecule has 0 aliphatic rings. The van der Waals surface area contributed by atoms with Gasteiger partial charge in [-0.1, -0.05) is 92.6 Å². The van der Waals surface area contributed by atoms with Crippen molar-refractivity contribution in [1.29, 1.82) is 5.41 Å². The number of hydrogen-bond donors (Lipinski definition) is 6. The zero-order valence-electron chi connectivity index (χ0n) is 24.1. The molecule has 11 heteroatoms. The summed E-state index contributed by atoms with van der Waals surface area (Å²) in [6.45, 7) is 2.21. The summed E-state index contributed by atoms with van der Waals surface area (Å²) < 4.78 is 29.1. The van der Waals surface area contributed by atoms with E-state index in [1.165, 1.54) is 0 Å². The molecule has 2 atom stereocenters. The number of nitrogens with one attached hydrogen (secondary N) is 5. The van der Waals surface area contributed by atoms with Crippen LogP contribution in [0.5, 0.6) is 0 Å². The number of amides is 2. The lowest BCUT2D eigenvalue weighted by atomic mass is 10.0. The van der Waals surface area contributed by atoms with E-state index in [-0.39, 0.29) is 30.5 Å². The highest BCUT2D eigenvalue weighted by molar-refractivity contribution is 7.88. The molecule has 0 saturated carbocycles. The minimum absolute atomic E-state index is 0.0421. The van der Waals surface area contributed by atoms with Crippen molar-refractivity contribution in [3.05, 3.63) is 107 Å². The molecule has 226 valence electrons. The smallest absolute Gasteiger partial charge is 0.242 e. The van der Waals surface area contributed by atoms with Crippen molar-refractivity contribution in [2.24, 2.45) is 5.73 Å². The second-order valence-corrected chi connectivity index (χ2v) is 12.3. The first-order valence-electron chi connectivity index (χ1n) is 14.3. The predicted octanol–water partition coefficient (Wildman–Crippen LogP) is 3.47. The molecule has 4 aromatic rings. The number of carbonyl (C=O) groups is 2. The number of aromatic nitrogens is 1. The van der Waals surface area contributed by atoms with Gasteiger partial charge in [-0.05, 0) is 35.6 Å². The molecule has 10 nitrogen and oxygen atoms in total. The van der Waals surface area contributed by atoms with Crippen LogP contribution < -0.4 is 21.1 Å². The monoisotopic (exact) mass is 602 g/mol. The molecular formula is C32H38N6O4S. The molecular weight excluding hydrogens is 564 g/mol. The molecule has 0 saturated heterocycles. The van der Waals surface area contributed by atoms with Crippen LogP contribution in [0.1, 0.15) is 48.4 Å². The molecule has 1 aromatic heterocycles. The summed E-state index contributed by atoms with van der Waals surface area (Å²) in [6.07, 6.45) is 3.77. The van der Waals surface area contributed by atoms with Crippen molar-refractivity contribution in [1.82, 2.24) is 20.3 Å². The maximum absolute atomic E-state index is 13.7. The van der Waals surface area contributed by atoms with Crippen molar-refractivity contribution in [3.63, 3.8) is 0 Å². The van der Waals surface area contributed by atoms with Crippen LogP contribution in [0.3, 0.4) is 0 Å². The number of amidine groups is 1. The lowest BCUT2D eigenvalue weighted by Gasteiger charge is -2.23. The van der Waals surface area contributed by atoms with Crippen LogP contribution in [0.2, 0.25) is 0 Å². The van der Waals surface area contributed by atoms with E-state index in [9.17, 15) is 18.0 Å². The third-order valence-corrected chi connectivity index (χ3v) is 8.50. The van der Waals surface area contributed by atoms with Gasteiger partial charge in [0.1, 0.15) is 17.9 Å². The van der Waals surface area contributed by atoms with Gasteiger partial charge in [0.15, 0.2) is 0 Å². The minimum atomic E-state index is -3.91. The second kappa shape index (κ2) is 14.6. The second-order valence-electron chi connectivity index (χ2n) is 10.5. The van der Waals surface area contributed by atoms with Crippen molar-refractivity contribution >= 4 is 38.6 Å². The Kier molecular flexibility index (Phi) is 10.7. The lowest BCUT2D eigenvalue weighted by molar-refractivity contribution is -0.130. The summed E-state index contributed by atoms with van der Waals surface area (Å²) in [5.74, 6) is -1.27. The fourth-order valence-electron chi connectivity index (χ4n) is 4.82. The number of benzene rings is 3. The normalized spacial score (nSPS) is 12.9. The highest BCUT2D eigenvalue weighted by Crippen LogP contribution is 2.20. The molecule has 0 fully saturated rings. The van der Waals surface area contributed by atoms with Crippen LogP contribution in [-0.4, -0.2) is 43.1 Å². The number of unbranched alkanes of at least 4 members (excludes halogenated alkanes) is 1. The number of fused-ring (bicyclic) bond motifs is 1. The summed E-state index contributed by atoms with van der Waals surface area (Å²) in [6, 6.07) is 21.3. The number of rotatable bonds is 15. The average Bonchev–Trinajstić information content (AvgIpc) is 3.40. The number of nitrogen functional groups attached to an aromatic ring is 1. The SMILES string of the molecule is CCCCC(NC(=O)C(Cc1c[nH]c2ccccc12)NS(=O)(=O)Cc1ccccc1)C(=O)NCc1ccc(C(=N)N)cc1. The fourth-order valence-corrected chi connectivity index (χ4v) is 6.16. The zero-order valence-corrected chi connectivity index (χ0v) is 24.9. The molecule has 0 aliphatic heterocycles. The Labute approximate surface area is 252 Å². The molecule has 43 heavy (non-hydrogen) atoms. The largest absolute Gasteiger partial charge is 0.384 e. The quantitative estimate of drug-likeness (QED) is 0.0903. The number of hydrogen-bond acceptors (Lipinski definition) is 5. The number of carbonyl (C=O) groups excluding carboxylic acids is 2. The van der Waals surface area contributed by atoms with Gasteiger partial charge in [-0.3, -0.25) is 15.0 Å². The van der Waals surface area contributed by atoms with Gasteiger partial charge in [-0.15, -0.1) is 0 Å². The summed E-state index contributed by atoms with van der Waals surface area (Å²) in [7, 11) is -3.91. The summed E-state index contributed by atoms with van der Waals surface area (Å²) >= 11 is 0. The van der Waals surface area contributed by atoms with Crippen molar-refractivity contribution in [3.8, 4) is 0 Å². The van der Waals surface area contributed by atoms with Crippen LogP contribution in [0.15, 0.2) is 85.1 Å². The third kappa shape index (κ3) is 9.00. The molecule has 0 radical (unpaired) electrons. The maximum atomic E-state index is 13.7. The zero-order chi connectivity index (χ0) is 30.8. The van der Waals surface area contributed by atoms with E-state index >= 15 is 0 Å². The van der Waals surface area contributed by atoms with Crippen LogP contribution in [0.25, 0.3) is 10.9 Å². The van der Waals surface area contributed by atoms with Gasteiger partial charge in [0.2, 0.25) is 21.8 Å². The molecule has 2 amide bonds. The molecule has 1 heterocycles. The van der Waals surface area contributed by atoms with Crippen molar-refractivity contribution in [2.45, 2.75) is 57.0 Å². The number of aromatic amines is 1. The number of para-hydroxylation sites is 1. The Balaban J connectivity index is 1.52. The van der Waals surface area contributed by atoms with Gasteiger partial charge >= 0.3 is 0 Å². The Morgan fingerprint density at radius 3 is 2.30 bits per heavy atom. The van der Waals surface area contributed by atoms with Gasteiger partial charge in [0, 0.05) is 29.2 Å². The summed E-state index contributed by atoms with van der Waals surface area (Å²) in [5.41, 5.74) is 9.16. The van der Waals surface area contributed by atoms with E-state index in [4.69, 9.17) is 11.1 Å². The van der Waals surface area contributed by atoms with Crippen molar-refractivity contribution < 1.29 is 18.0 Å². The highest BCUT2D eigenvalue weighted by Gasteiger charge is 2.29. The number of H-pyrrole nitrogens is 1. The first-order chi connectivity index (χ1) is 20.6. The third-order valence-electron chi connectivity index (χ3n) is 7.15. The molecule has 4 rings (SSSR count). The maximum Gasteiger partial charge on any atom is 0.242 e. The van der Waals surface area contributed by atoms with E-state index in [0.717, 1.165) is 28.5 Å². The summed E-state index contributed by atoms with van der Waals surface area (Å²) in [5, 5.41) is 14.1. The van der Waals surface area contributed by atoms with E-state index in [1.54, 1.807) is 60.8 Å². The van der Waals surface area contributed by atoms with Gasteiger partial charge in [-0.2, -0.15) is 0 Å². The number of nitrogens with two attached hydrogens (primary N) is 1. The standard InChI is InChI=1S/C32H38N6O4S/c1-2-3-12-28(31(39)36-19-22-14-16-24(17-15-22)30(33)34)37-32(40)29(18-25-20-35-27-13-8-7-11-26(25)27)38-43(41,42)21-23-9-5-4-6-10-23/h4-11,13-17,20,28-29,35,38H,2-3,12,18-19,21H2,1H3,(H3,33,34)(H,36,39)(H,37,40). The Bertz CT molecular complexity index is 1650. The van der Waals surface area contributed by atoms with Crippen LogP contribution in [0, 0.1) is 5.41 Å². The first kappa shape index (κ1) is 31.5. The van der Waals surface area contributed by atoms with Gasteiger partial charge in [0.25, 0.3) is 0 Å². The molecule has 3 aromatic carbocycles. The lowest BCUT2D eigenvalue weighted by Crippen LogP contribution is -2.54. The fraction of sp³-hybridized carbons (Fsp3) is 0.281. The Hall–Kier alpha value is -4.48. The number of sulfonamides is 1.